The molecule has 13 heteroatoms. The fourth-order valence-electron chi connectivity index (χ4n) is 3.30. The van der Waals surface area contributed by atoms with E-state index in [1.54, 1.807) is 0 Å². The van der Waals surface area contributed by atoms with Crippen LogP contribution in [0.4, 0.5) is 30.7 Å². The molecule has 2 aromatic carbocycles. The molecule has 0 saturated heterocycles. The minimum absolute atomic E-state index is 0.137. The summed E-state index contributed by atoms with van der Waals surface area (Å²) in [6.45, 7) is 2.89. The number of alkyl halides is 6. The lowest BCUT2D eigenvalue weighted by atomic mass is 9.96. The number of allylic oxidation sites excluding steroid dienone is 1. The third kappa shape index (κ3) is 9.23. The zero-order chi connectivity index (χ0) is 28.1. The number of halogens is 9. The average Bonchev–Trinajstić information content (AvgIpc) is 2.74. The topological polar surface area (TPSA) is 58.2 Å². The molecule has 0 aliphatic rings. The molecule has 2 aromatic rings. The lowest BCUT2D eigenvalue weighted by Crippen LogP contribution is -2.46. The van der Waals surface area contributed by atoms with Crippen LogP contribution in [0.1, 0.15) is 52.7 Å². The SMILES string of the molecule is Cc1cc(/C=C/C(c2cc(Cl)c(F)c(Cl)c2)C(F)(F)F)ccc1C(=O)N[C@H](C)NC(=O)CCC(F)(F)F. The van der Waals surface area contributed by atoms with E-state index >= 15 is 0 Å². The quantitative estimate of drug-likeness (QED) is 0.197. The predicted octanol–water partition coefficient (Wildman–Crippen LogP) is 7.33. The number of rotatable bonds is 8. The fourth-order valence-corrected chi connectivity index (χ4v) is 3.80. The molecule has 2 atom stereocenters. The van der Waals surface area contributed by atoms with Crippen LogP contribution in [0, 0.1) is 12.7 Å². The van der Waals surface area contributed by atoms with Crippen molar-refractivity contribution in [2.45, 2.75) is 51.1 Å². The van der Waals surface area contributed by atoms with Crippen LogP contribution in [0.3, 0.4) is 0 Å². The number of carbonyl (C=O) groups is 2. The van der Waals surface area contributed by atoms with Crippen LogP contribution in [-0.2, 0) is 4.79 Å². The van der Waals surface area contributed by atoms with E-state index in [1.165, 1.54) is 38.1 Å². The number of carbonyl (C=O) groups excluding carboxylic acids is 2. The molecule has 2 rings (SSSR count). The summed E-state index contributed by atoms with van der Waals surface area (Å²) in [6.07, 6.45) is -10.3. The average molecular weight is 573 g/mol. The molecule has 0 bridgehead atoms. The maximum Gasteiger partial charge on any atom is 0.399 e. The first-order valence-electron chi connectivity index (χ1n) is 10.6. The molecular formula is C24H21Cl2F7N2O2. The largest absolute Gasteiger partial charge is 0.399 e. The van der Waals surface area contributed by atoms with Gasteiger partial charge in [0.05, 0.1) is 28.5 Å². The number of nitrogens with one attached hydrogen (secondary N) is 2. The van der Waals surface area contributed by atoms with Crippen LogP contribution >= 0.6 is 23.2 Å². The molecule has 4 nitrogen and oxygen atoms in total. The molecule has 2 amide bonds. The van der Waals surface area contributed by atoms with Gasteiger partial charge in [0.2, 0.25) is 5.91 Å². The van der Waals surface area contributed by atoms with Crippen molar-refractivity contribution >= 4 is 41.1 Å². The van der Waals surface area contributed by atoms with E-state index in [9.17, 15) is 40.3 Å². The van der Waals surface area contributed by atoms with E-state index in [4.69, 9.17) is 23.2 Å². The van der Waals surface area contributed by atoms with E-state index in [2.05, 4.69) is 10.6 Å². The molecule has 2 N–H and O–H groups in total. The molecule has 0 aliphatic heterocycles. The molecule has 0 fully saturated rings. The Morgan fingerprint density at radius 3 is 2.11 bits per heavy atom. The van der Waals surface area contributed by atoms with Gasteiger partial charge in [-0.3, -0.25) is 9.59 Å². The highest BCUT2D eigenvalue weighted by molar-refractivity contribution is 6.35. The van der Waals surface area contributed by atoms with Crippen molar-refractivity contribution in [3.05, 3.63) is 74.5 Å². The second-order valence-electron chi connectivity index (χ2n) is 8.13. The Labute approximate surface area is 217 Å². The Morgan fingerprint density at radius 1 is 1.00 bits per heavy atom. The first kappa shape index (κ1) is 30.4. The van der Waals surface area contributed by atoms with Crippen molar-refractivity contribution in [1.82, 2.24) is 10.6 Å². The Bertz CT molecular complexity index is 1160. The molecule has 0 aliphatic carbocycles. The van der Waals surface area contributed by atoms with Crippen LogP contribution < -0.4 is 10.6 Å². The molecule has 0 spiro atoms. The monoisotopic (exact) mass is 572 g/mol. The Balaban J connectivity index is 2.13. The first-order valence-corrected chi connectivity index (χ1v) is 11.4. The van der Waals surface area contributed by atoms with Gasteiger partial charge in [0.1, 0.15) is 0 Å². The van der Waals surface area contributed by atoms with Gasteiger partial charge >= 0.3 is 12.4 Å². The lowest BCUT2D eigenvalue weighted by molar-refractivity contribution is -0.144. The van der Waals surface area contributed by atoms with Gasteiger partial charge in [0.15, 0.2) is 5.82 Å². The van der Waals surface area contributed by atoms with Crippen LogP contribution in [-0.4, -0.2) is 30.3 Å². The Hall–Kier alpha value is -2.79. The van der Waals surface area contributed by atoms with Crippen molar-refractivity contribution < 1.29 is 40.3 Å². The summed E-state index contributed by atoms with van der Waals surface area (Å²) in [5.74, 6) is -4.73. The molecule has 0 radical (unpaired) electrons. The zero-order valence-electron chi connectivity index (χ0n) is 19.3. The summed E-state index contributed by atoms with van der Waals surface area (Å²) in [7, 11) is 0. The number of amides is 2. The first-order chi connectivity index (χ1) is 17.0. The van der Waals surface area contributed by atoms with Crippen molar-refractivity contribution in [2.75, 3.05) is 0 Å². The summed E-state index contributed by atoms with van der Waals surface area (Å²) in [5, 5.41) is 3.54. The van der Waals surface area contributed by atoms with Crippen LogP contribution in [0.25, 0.3) is 6.08 Å². The molecule has 37 heavy (non-hydrogen) atoms. The van der Waals surface area contributed by atoms with Crippen molar-refractivity contribution in [1.29, 1.82) is 0 Å². The van der Waals surface area contributed by atoms with Gasteiger partial charge in [-0.05, 0) is 48.7 Å². The van der Waals surface area contributed by atoms with Crippen molar-refractivity contribution in [3.8, 4) is 0 Å². The van der Waals surface area contributed by atoms with Crippen LogP contribution in [0.5, 0.6) is 0 Å². The highest BCUT2D eigenvalue weighted by Crippen LogP contribution is 2.39. The number of aryl methyl sites for hydroxylation is 1. The van der Waals surface area contributed by atoms with Gasteiger partial charge in [0.25, 0.3) is 5.91 Å². The summed E-state index contributed by atoms with van der Waals surface area (Å²) in [5.41, 5.74) is 0.472. The molecule has 0 heterocycles. The van der Waals surface area contributed by atoms with Gasteiger partial charge < -0.3 is 10.6 Å². The van der Waals surface area contributed by atoms with E-state index in [0.717, 1.165) is 18.2 Å². The maximum absolute atomic E-state index is 13.7. The van der Waals surface area contributed by atoms with E-state index in [1.807, 2.05) is 0 Å². The maximum atomic E-state index is 13.7. The molecular weight excluding hydrogens is 552 g/mol. The van der Waals surface area contributed by atoms with Crippen molar-refractivity contribution in [3.63, 3.8) is 0 Å². The second kappa shape index (κ2) is 12.2. The van der Waals surface area contributed by atoms with E-state index in [-0.39, 0.29) is 11.1 Å². The van der Waals surface area contributed by atoms with Gasteiger partial charge in [-0.1, -0.05) is 47.5 Å². The molecule has 1 unspecified atom stereocenters. The smallest absolute Gasteiger partial charge is 0.336 e. The summed E-state index contributed by atoms with van der Waals surface area (Å²) in [6, 6.07) is 5.84. The highest BCUT2D eigenvalue weighted by atomic mass is 35.5. The number of benzene rings is 2. The third-order valence-corrected chi connectivity index (χ3v) is 5.60. The predicted molar refractivity (Wildman–Crippen MR) is 126 cm³/mol. The molecule has 202 valence electrons. The minimum atomic E-state index is -4.74. The lowest BCUT2D eigenvalue weighted by Gasteiger charge is -2.18. The summed E-state index contributed by atoms with van der Waals surface area (Å²) >= 11 is 11.3. The normalized spacial score (nSPS) is 13.9. The van der Waals surface area contributed by atoms with Gasteiger partial charge in [0, 0.05) is 12.0 Å². The van der Waals surface area contributed by atoms with E-state index in [0.29, 0.717) is 11.1 Å². The third-order valence-electron chi connectivity index (χ3n) is 5.05. The molecule has 0 aromatic heterocycles. The van der Waals surface area contributed by atoms with Gasteiger partial charge in [-0.25, -0.2) is 4.39 Å². The minimum Gasteiger partial charge on any atom is -0.336 e. The molecule has 0 saturated carbocycles. The summed E-state index contributed by atoms with van der Waals surface area (Å²) in [4.78, 5) is 24.1. The fraction of sp³-hybridized carbons (Fsp3) is 0.333. The Morgan fingerprint density at radius 2 is 1.59 bits per heavy atom. The summed E-state index contributed by atoms with van der Waals surface area (Å²) < 4.78 is 91.3. The Kier molecular flexibility index (Phi) is 10.0. The van der Waals surface area contributed by atoms with Gasteiger partial charge in [-0.15, -0.1) is 0 Å². The zero-order valence-corrected chi connectivity index (χ0v) is 20.8. The van der Waals surface area contributed by atoms with Crippen LogP contribution in [0.2, 0.25) is 10.0 Å². The van der Waals surface area contributed by atoms with Crippen LogP contribution in [0.15, 0.2) is 36.4 Å². The van der Waals surface area contributed by atoms with Crippen molar-refractivity contribution in [2.24, 2.45) is 0 Å². The van der Waals surface area contributed by atoms with E-state index < -0.39 is 65.0 Å². The van der Waals surface area contributed by atoms with Gasteiger partial charge in [-0.2, -0.15) is 26.3 Å². The number of hydrogen-bond donors (Lipinski definition) is 2. The highest BCUT2D eigenvalue weighted by Gasteiger charge is 2.39. The standard InChI is InChI=1S/C24H21Cl2F7N2O2/c1-12-9-14(4-6-17(24(31,32)33)15-10-18(25)21(27)19(26)11-15)3-5-16(12)22(37)35-13(2)34-20(36)7-8-23(28,29)30/h3-6,9-11,13,17H,7-8H2,1-2H3,(H,34,36)(H,35,37)/b6-4+/t13-,17?/m1/s1. The number of hydrogen-bond acceptors (Lipinski definition) is 2. The second-order valence-corrected chi connectivity index (χ2v) is 8.94.